The first-order chi connectivity index (χ1) is 13.3. The molecule has 7 nitrogen and oxygen atoms in total. The van der Waals surface area contributed by atoms with Crippen LogP contribution in [-0.4, -0.2) is 41.6 Å². The number of hydrogen-bond acceptors (Lipinski definition) is 5. The molecule has 7 heteroatoms. The predicted octanol–water partition coefficient (Wildman–Crippen LogP) is 2.70. The Kier molecular flexibility index (Phi) is 7.44. The summed E-state index contributed by atoms with van der Waals surface area (Å²) >= 11 is 0. The molecule has 2 amide bonds. The zero-order valence-electron chi connectivity index (χ0n) is 16.7. The van der Waals surface area contributed by atoms with Gasteiger partial charge in [0, 0.05) is 31.9 Å². The van der Waals surface area contributed by atoms with Crippen molar-refractivity contribution in [3.63, 3.8) is 0 Å². The van der Waals surface area contributed by atoms with Gasteiger partial charge in [-0.2, -0.15) is 5.26 Å². The SMILES string of the molecule is CC(C)(C)OC(=O)N1CCC(N/C=C(/C#N)C(=O)NCc2ccccc2)CC1. The van der Waals surface area contributed by atoms with Gasteiger partial charge in [-0.15, -0.1) is 0 Å². The summed E-state index contributed by atoms with van der Waals surface area (Å²) in [7, 11) is 0. The predicted molar refractivity (Wildman–Crippen MR) is 106 cm³/mol. The highest BCUT2D eigenvalue weighted by molar-refractivity contribution is 5.97. The standard InChI is InChI=1S/C21H28N4O3/c1-21(2,3)28-20(27)25-11-9-18(10-12-25)23-15-17(13-22)19(26)24-14-16-7-5-4-6-8-16/h4-8,15,18,23H,9-12,14H2,1-3H3,(H,24,26)/b17-15-. The Morgan fingerprint density at radius 1 is 1.25 bits per heavy atom. The van der Waals surface area contributed by atoms with Gasteiger partial charge in [0.05, 0.1) is 0 Å². The highest BCUT2D eigenvalue weighted by Crippen LogP contribution is 2.15. The molecule has 1 heterocycles. The van der Waals surface area contributed by atoms with Crippen molar-refractivity contribution in [3.8, 4) is 6.07 Å². The van der Waals surface area contributed by atoms with Crippen molar-refractivity contribution in [3.05, 3.63) is 47.7 Å². The third-order valence-corrected chi connectivity index (χ3v) is 4.27. The van der Waals surface area contributed by atoms with E-state index in [1.54, 1.807) is 4.90 Å². The number of carbonyl (C=O) groups excluding carboxylic acids is 2. The maximum absolute atomic E-state index is 12.2. The van der Waals surface area contributed by atoms with Crippen LogP contribution in [0.3, 0.4) is 0 Å². The lowest BCUT2D eigenvalue weighted by Crippen LogP contribution is -2.45. The van der Waals surface area contributed by atoms with E-state index in [0.29, 0.717) is 19.6 Å². The van der Waals surface area contributed by atoms with Crippen LogP contribution in [-0.2, 0) is 16.1 Å². The van der Waals surface area contributed by atoms with Crippen LogP contribution in [0, 0.1) is 11.3 Å². The number of likely N-dealkylation sites (tertiary alicyclic amines) is 1. The van der Waals surface area contributed by atoms with Gasteiger partial charge in [-0.1, -0.05) is 30.3 Å². The fraction of sp³-hybridized carbons (Fsp3) is 0.476. The van der Waals surface area contributed by atoms with Crippen LogP contribution < -0.4 is 10.6 Å². The Morgan fingerprint density at radius 3 is 2.46 bits per heavy atom. The second kappa shape index (κ2) is 9.79. The highest BCUT2D eigenvalue weighted by atomic mass is 16.6. The Morgan fingerprint density at radius 2 is 1.89 bits per heavy atom. The van der Waals surface area contributed by atoms with E-state index < -0.39 is 11.5 Å². The van der Waals surface area contributed by atoms with Crippen LogP contribution in [0.1, 0.15) is 39.2 Å². The van der Waals surface area contributed by atoms with E-state index in [1.165, 1.54) is 6.20 Å². The minimum absolute atomic E-state index is 0.0329. The van der Waals surface area contributed by atoms with Crippen molar-refractivity contribution in [2.75, 3.05) is 13.1 Å². The Bertz CT molecular complexity index is 739. The van der Waals surface area contributed by atoms with E-state index in [-0.39, 0.29) is 17.7 Å². The maximum atomic E-state index is 12.2. The Balaban J connectivity index is 1.79. The van der Waals surface area contributed by atoms with Gasteiger partial charge in [0.25, 0.3) is 5.91 Å². The minimum Gasteiger partial charge on any atom is -0.444 e. The van der Waals surface area contributed by atoms with Crippen molar-refractivity contribution in [1.29, 1.82) is 5.26 Å². The van der Waals surface area contributed by atoms with Gasteiger partial charge < -0.3 is 20.3 Å². The number of nitrogens with one attached hydrogen (secondary N) is 2. The van der Waals surface area contributed by atoms with E-state index in [0.717, 1.165) is 18.4 Å². The number of carbonyl (C=O) groups is 2. The molecule has 0 aliphatic carbocycles. The summed E-state index contributed by atoms with van der Waals surface area (Å²) in [5, 5.41) is 15.1. The summed E-state index contributed by atoms with van der Waals surface area (Å²) in [6.45, 7) is 7.04. The van der Waals surface area contributed by atoms with Crippen LogP contribution in [0.15, 0.2) is 42.1 Å². The van der Waals surface area contributed by atoms with Crippen molar-refractivity contribution in [1.82, 2.24) is 15.5 Å². The molecule has 1 saturated heterocycles. The molecule has 1 aromatic rings. The van der Waals surface area contributed by atoms with Crippen molar-refractivity contribution < 1.29 is 14.3 Å². The minimum atomic E-state index is -0.510. The Hall–Kier alpha value is -3.01. The number of nitrogens with zero attached hydrogens (tertiary/aromatic N) is 2. The first-order valence-corrected chi connectivity index (χ1v) is 9.45. The average Bonchev–Trinajstić information content (AvgIpc) is 2.66. The summed E-state index contributed by atoms with van der Waals surface area (Å²) in [6, 6.07) is 11.6. The highest BCUT2D eigenvalue weighted by Gasteiger charge is 2.26. The van der Waals surface area contributed by atoms with Crippen molar-refractivity contribution in [2.24, 2.45) is 0 Å². The normalized spacial score (nSPS) is 15.5. The van der Waals surface area contributed by atoms with Gasteiger partial charge in [0.1, 0.15) is 17.2 Å². The third-order valence-electron chi connectivity index (χ3n) is 4.27. The van der Waals surface area contributed by atoms with E-state index in [9.17, 15) is 14.9 Å². The molecule has 0 spiro atoms. The molecule has 0 radical (unpaired) electrons. The van der Waals surface area contributed by atoms with Crippen LogP contribution in [0.2, 0.25) is 0 Å². The van der Waals surface area contributed by atoms with Gasteiger partial charge in [-0.3, -0.25) is 4.79 Å². The van der Waals surface area contributed by atoms with Gasteiger partial charge >= 0.3 is 6.09 Å². The largest absolute Gasteiger partial charge is 0.444 e. The molecule has 28 heavy (non-hydrogen) atoms. The molecule has 0 bridgehead atoms. The summed E-state index contributed by atoms with van der Waals surface area (Å²) < 4.78 is 5.38. The summed E-state index contributed by atoms with van der Waals surface area (Å²) in [5.41, 5.74) is 0.491. The topological polar surface area (TPSA) is 94.5 Å². The fourth-order valence-electron chi connectivity index (χ4n) is 2.78. The molecule has 1 fully saturated rings. The molecule has 2 N–H and O–H groups in total. The number of piperidine rings is 1. The molecule has 1 aliphatic heterocycles. The maximum Gasteiger partial charge on any atom is 0.410 e. The van der Waals surface area contributed by atoms with E-state index >= 15 is 0 Å². The molecule has 0 atom stereocenters. The number of hydrogen-bond donors (Lipinski definition) is 2. The smallest absolute Gasteiger partial charge is 0.410 e. The fourth-order valence-corrected chi connectivity index (χ4v) is 2.78. The van der Waals surface area contributed by atoms with Crippen LogP contribution in [0.25, 0.3) is 0 Å². The first kappa shape index (κ1) is 21.3. The van der Waals surface area contributed by atoms with Crippen LogP contribution in [0.5, 0.6) is 0 Å². The van der Waals surface area contributed by atoms with Gasteiger partial charge in [0.2, 0.25) is 0 Å². The van der Waals surface area contributed by atoms with E-state index in [4.69, 9.17) is 4.74 Å². The second-order valence-electron chi connectivity index (χ2n) is 7.75. The quantitative estimate of drug-likeness (QED) is 0.601. The second-order valence-corrected chi connectivity index (χ2v) is 7.75. The lowest BCUT2D eigenvalue weighted by Gasteiger charge is -2.33. The Labute approximate surface area is 166 Å². The third kappa shape index (κ3) is 6.95. The summed E-state index contributed by atoms with van der Waals surface area (Å²) in [5.74, 6) is -0.412. The number of benzene rings is 1. The van der Waals surface area contributed by atoms with Gasteiger partial charge in [0.15, 0.2) is 0 Å². The van der Waals surface area contributed by atoms with Crippen LogP contribution >= 0.6 is 0 Å². The van der Waals surface area contributed by atoms with Crippen molar-refractivity contribution >= 4 is 12.0 Å². The molecule has 0 unspecified atom stereocenters. The first-order valence-electron chi connectivity index (χ1n) is 9.45. The molecular formula is C21H28N4O3. The molecule has 150 valence electrons. The number of amides is 2. The summed E-state index contributed by atoms with van der Waals surface area (Å²) in [4.78, 5) is 26.0. The van der Waals surface area contributed by atoms with Crippen molar-refractivity contribution in [2.45, 2.75) is 51.8 Å². The van der Waals surface area contributed by atoms with E-state index in [1.807, 2.05) is 57.2 Å². The number of nitriles is 1. The zero-order valence-corrected chi connectivity index (χ0v) is 16.7. The monoisotopic (exact) mass is 384 g/mol. The van der Waals surface area contributed by atoms with E-state index in [2.05, 4.69) is 10.6 Å². The lowest BCUT2D eigenvalue weighted by atomic mass is 10.1. The molecular weight excluding hydrogens is 356 g/mol. The molecule has 2 rings (SSSR count). The van der Waals surface area contributed by atoms with Gasteiger partial charge in [-0.05, 0) is 39.2 Å². The molecule has 1 aromatic carbocycles. The molecule has 0 aromatic heterocycles. The number of rotatable bonds is 5. The zero-order chi connectivity index (χ0) is 20.6. The van der Waals surface area contributed by atoms with Gasteiger partial charge in [-0.25, -0.2) is 4.79 Å². The average molecular weight is 384 g/mol. The van der Waals surface area contributed by atoms with Crippen LogP contribution in [0.4, 0.5) is 4.79 Å². The lowest BCUT2D eigenvalue weighted by molar-refractivity contribution is -0.117. The molecule has 0 saturated carbocycles. The summed E-state index contributed by atoms with van der Waals surface area (Å²) in [6.07, 6.45) is 2.60. The molecule has 1 aliphatic rings. The number of ether oxygens (including phenoxy) is 1.